The highest BCUT2D eigenvalue weighted by molar-refractivity contribution is 9.10. The molecule has 0 fully saturated rings. The summed E-state index contributed by atoms with van der Waals surface area (Å²) in [5.74, 6) is 0.0374. The van der Waals surface area contributed by atoms with Gasteiger partial charge in [0.15, 0.2) is 0 Å². The average Bonchev–Trinajstić information content (AvgIpc) is 3.05. The highest BCUT2D eigenvalue weighted by Gasteiger charge is 2.41. The van der Waals surface area contributed by atoms with Crippen molar-refractivity contribution in [3.8, 4) is 0 Å². The SMILES string of the molecule is C=C1/C=C\C=C/C2C=C(c3ccccc3NC(=O)c3cccc(Br)c3)C=C(C2)C1(c1ccccc1)c1ccccc1. The highest BCUT2D eigenvalue weighted by Crippen LogP contribution is 2.50. The van der Waals surface area contributed by atoms with Crippen molar-refractivity contribution in [2.24, 2.45) is 5.92 Å². The monoisotopic (exact) mass is 595 g/mol. The van der Waals surface area contributed by atoms with E-state index >= 15 is 0 Å². The van der Waals surface area contributed by atoms with Crippen molar-refractivity contribution in [2.75, 3.05) is 5.32 Å². The topological polar surface area (TPSA) is 29.1 Å². The number of carbonyl (C=O) groups excluding carboxylic acids is 1. The number of para-hydroxylation sites is 1. The number of hydrogen-bond acceptors (Lipinski definition) is 1. The lowest BCUT2D eigenvalue weighted by atomic mass is 9.61. The number of amides is 1. The van der Waals surface area contributed by atoms with E-state index in [0.717, 1.165) is 33.3 Å². The Kier molecular flexibility index (Phi) is 7.54. The van der Waals surface area contributed by atoms with E-state index in [9.17, 15) is 4.79 Å². The molecule has 4 aromatic rings. The van der Waals surface area contributed by atoms with Gasteiger partial charge in [-0.25, -0.2) is 0 Å². The number of carbonyl (C=O) groups is 1. The minimum absolute atomic E-state index is 0.144. The van der Waals surface area contributed by atoms with Gasteiger partial charge in [0, 0.05) is 21.3 Å². The minimum atomic E-state index is -0.544. The largest absolute Gasteiger partial charge is 0.321 e. The fraction of sp³-hybridized carbons (Fsp3) is 0.0789. The molecule has 0 radical (unpaired) electrons. The van der Waals surface area contributed by atoms with Crippen LogP contribution in [0.25, 0.3) is 5.57 Å². The van der Waals surface area contributed by atoms with Gasteiger partial charge < -0.3 is 5.32 Å². The third-order valence-corrected chi connectivity index (χ3v) is 8.39. The molecular weight excluding hydrogens is 566 g/mol. The van der Waals surface area contributed by atoms with Crippen molar-refractivity contribution in [3.05, 3.63) is 190 Å². The molecule has 2 nitrogen and oxygen atoms in total. The van der Waals surface area contributed by atoms with Crippen LogP contribution in [0.1, 0.15) is 33.5 Å². The Morgan fingerprint density at radius 1 is 0.829 bits per heavy atom. The van der Waals surface area contributed by atoms with E-state index in [0.29, 0.717) is 5.56 Å². The molecule has 2 bridgehead atoms. The summed E-state index contributed by atoms with van der Waals surface area (Å²) in [7, 11) is 0. The molecule has 0 heterocycles. The molecule has 2 aliphatic carbocycles. The maximum Gasteiger partial charge on any atom is 0.255 e. The Bertz CT molecular complexity index is 1690. The first-order chi connectivity index (χ1) is 20.1. The van der Waals surface area contributed by atoms with Gasteiger partial charge in [-0.05, 0) is 64.5 Å². The van der Waals surface area contributed by atoms with Gasteiger partial charge in [0.25, 0.3) is 5.91 Å². The molecule has 2 aliphatic rings. The van der Waals surface area contributed by atoms with Crippen LogP contribution >= 0.6 is 15.9 Å². The highest BCUT2D eigenvalue weighted by atomic mass is 79.9. The zero-order valence-corrected chi connectivity index (χ0v) is 24.2. The number of rotatable bonds is 5. The van der Waals surface area contributed by atoms with Crippen LogP contribution in [0.5, 0.6) is 0 Å². The molecule has 0 saturated heterocycles. The molecule has 4 aromatic carbocycles. The summed E-state index contributed by atoms with van der Waals surface area (Å²) in [5.41, 5.74) is 7.56. The summed E-state index contributed by atoms with van der Waals surface area (Å²) in [6.07, 6.45) is 14.1. The van der Waals surface area contributed by atoms with Gasteiger partial charge in [0.05, 0.1) is 5.41 Å². The second-order valence-electron chi connectivity index (χ2n) is 10.4. The molecule has 1 atom stereocenters. The molecule has 200 valence electrons. The molecule has 0 aromatic heterocycles. The van der Waals surface area contributed by atoms with Crippen LogP contribution in [0.4, 0.5) is 5.69 Å². The van der Waals surface area contributed by atoms with Crippen LogP contribution in [0.15, 0.2) is 168 Å². The molecule has 0 aliphatic heterocycles. The maximum atomic E-state index is 13.3. The summed E-state index contributed by atoms with van der Waals surface area (Å²) < 4.78 is 0.869. The normalized spacial score (nSPS) is 19.0. The fourth-order valence-corrected chi connectivity index (χ4v) is 6.45. The summed E-state index contributed by atoms with van der Waals surface area (Å²) >= 11 is 3.48. The Morgan fingerprint density at radius 2 is 1.51 bits per heavy atom. The Morgan fingerprint density at radius 3 is 2.22 bits per heavy atom. The molecule has 0 spiro atoms. The van der Waals surface area contributed by atoms with Gasteiger partial charge in [-0.2, -0.15) is 0 Å². The lowest BCUT2D eigenvalue weighted by molar-refractivity contribution is 0.102. The Hall–Kier alpha value is -4.47. The number of benzene rings is 4. The standard InChI is InChI=1S/C38H30BrNO/c1-27-13-8-9-14-28-23-30(35-21-10-11-22-36(35)40-37(41)29-15-12-20-34(39)26-29)25-33(24-28)38(27,31-16-4-2-5-17-31)32-18-6-3-7-19-32/h2-23,25-26,28H,1,24H2,(H,40,41)/b13-8-,14-9-. The van der Waals surface area contributed by atoms with Gasteiger partial charge in [-0.15, -0.1) is 0 Å². The van der Waals surface area contributed by atoms with Crippen LogP contribution in [0.2, 0.25) is 0 Å². The van der Waals surface area contributed by atoms with Crippen molar-refractivity contribution in [3.63, 3.8) is 0 Å². The van der Waals surface area contributed by atoms with Crippen LogP contribution in [0.3, 0.4) is 0 Å². The van der Waals surface area contributed by atoms with Crippen molar-refractivity contribution < 1.29 is 4.79 Å². The number of anilines is 1. The van der Waals surface area contributed by atoms with Gasteiger partial charge in [-0.3, -0.25) is 4.79 Å². The second-order valence-corrected chi connectivity index (χ2v) is 11.3. The van der Waals surface area contributed by atoms with E-state index < -0.39 is 5.41 Å². The lowest BCUT2D eigenvalue weighted by Crippen LogP contribution is -2.33. The molecule has 0 saturated carbocycles. The second kappa shape index (κ2) is 11.6. The van der Waals surface area contributed by atoms with E-state index in [2.05, 4.69) is 131 Å². The zero-order valence-electron chi connectivity index (χ0n) is 22.6. The summed E-state index contributed by atoms with van der Waals surface area (Å²) in [6.45, 7) is 4.66. The van der Waals surface area contributed by atoms with Crippen molar-refractivity contribution in [1.29, 1.82) is 0 Å². The smallest absolute Gasteiger partial charge is 0.255 e. The summed E-state index contributed by atoms with van der Waals surface area (Å²) in [4.78, 5) is 13.3. The minimum Gasteiger partial charge on any atom is -0.321 e. The first kappa shape index (κ1) is 26.7. The Labute approximate surface area is 250 Å². The zero-order chi connectivity index (χ0) is 28.2. The van der Waals surface area contributed by atoms with Crippen molar-refractivity contribution in [1.82, 2.24) is 0 Å². The van der Waals surface area contributed by atoms with Crippen LogP contribution < -0.4 is 5.32 Å². The third kappa shape index (κ3) is 5.21. The van der Waals surface area contributed by atoms with Crippen molar-refractivity contribution >= 4 is 33.1 Å². The van der Waals surface area contributed by atoms with Gasteiger partial charge in [0.1, 0.15) is 0 Å². The average molecular weight is 597 g/mol. The van der Waals surface area contributed by atoms with Gasteiger partial charge in [-0.1, -0.05) is 144 Å². The number of allylic oxidation sites excluding steroid dienone is 9. The summed E-state index contributed by atoms with van der Waals surface area (Å²) in [5, 5.41) is 3.17. The molecule has 6 rings (SSSR count). The van der Waals surface area contributed by atoms with Gasteiger partial charge >= 0.3 is 0 Å². The Balaban J connectivity index is 1.52. The van der Waals surface area contributed by atoms with Crippen molar-refractivity contribution in [2.45, 2.75) is 11.8 Å². The lowest BCUT2D eigenvalue weighted by Gasteiger charge is -2.41. The predicted octanol–water partition coefficient (Wildman–Crippen LogP) is 9.70. The molecular formula is C38H30BrNO. The fourth-order valence-electron chi connectivity index (χ4n) is 6.05. The van der Waals surface area contributed by atoms with E-state index in [1.807, 2.05) is 42.5 Å². The van der Waals surface area contributed by atoms with Crippen LogP contribution in [-0.2, 0) is 5.41 Å². The molecule has 1 amide bonds. The quantitative estimate of drug-likeness (QED) is 0.244. The van der Waals surface area contributed by atoms with E-state index in [1.54, 1.807) is 0 Å². The number of halogens is 1. The maximum absolute atomic E-state index is 13.3. The van der Waals surface area contributed by atoms with Crippen LogP contribution in [-0.4, -0.2) is 5.91 Å². The predicted molar refractivity (Wildman–Crippen MR) is 174 cm³/mol. The van der Waals surface area contributed by atoms with Gasteiger partial charge in [0.2, 0.25) is 0 Å². The van der Waals surface area contributed by atoms with E-state index in [4.69, 9.17) is 0 Å². The third-order valence-electron chi connectivity index (χ3n) is 7.90. The molecule has 1 N–H and O–H groups in total. The number of hydrogen-bond donors (Lipinski definition) is 1. The molecule has 41 heavy (non-hydrogen) atoms. The van der Waals surface area contributed by atoms with E-state index in [1.165, 1.54) is 16.7 Å². The first-order valence-electron chi connectivity index (χ1n) is 13.8. The molecule has 1 unspecified atom stereocenters. The number of fused-ring (bicyclic) bond motifs is 2. The molecule has 3 heteroatoms. The van der Waals surface area contributed by atoms with Crippen LogP contribution in [0, 0.1) is 5.92 Å². The number of nitrogens with one attached hydrogen (secondary N) is 1. The first-order valence-corrected chi connectivity index (χ1v) is 14.6. The van der Waals surface area contributed by atoms with E-state index in [-0.39, 0.29) is 11.8 Å². The summed E-state index contributed by atoms with van der Waals surface area (Å²) in [6, 6.07) is 36.8.